The van der Waals surface area contributed by atoms with Crippen LogP contribution in [0.3, 0.4) is 0 Å². The van der Waals surface area contributed by atoms with E-state index >= 15 is 0 Å². The lowest BCUT2D eigenvalue weighted by Gasteiger charge is -2.32. The van der Waals surface area contributed by atoms with Gasteiger partial charge in [0, 0.05) is 0 Å². The summed E-state index contributed by atoms with van der Waals surface area (Å²) in [6.45, 7) is 6.93. The van der Waals surface area contributed by atoms with E-state index in [0.29, 0.717) is 12.1 Å². The van der Waals surface area contributed by atoms with Crippen molar-refractivity contribution in [2.24, 2.45) is 0 Å². The smallest absolute Gasteiger partial charge is 0.399 e. The first-order valence-corrected chi connectivity index (χ1v) is 6.79. The van der Waals surface area contributed by atoms with Crippen LogP contribution in [-0.2, 0) is 15.2 Å². The number of alkyl halides is 5. The average Bonchev–Trinajstić information content (AvgIpc) is 2.56. The van der Waals surface area contributed by atoms with Crippen LogP contribution in [0.5, 0.6) is 0 Å². The minimum absolute atomic E-state index is 0.0304. The summed E-state index contributed by atoms with van der Waals surface area (Å²) in [6.07, 6.45) is -5.88. The van der Waals surface area contributed by atoms with Crippen LogP contribution in [0.2, 0.25) is 0 Å². The summed E-state index contributed by atoms with van der Waals surface area (Å²) in [4.78, 5) is 0. The minimum atomic E-state index is -5.88. The van der Waals surface area contributed by atoms with E-state index in [4.69, 9.17) is 9.31 Å². The molecule has 0 amide bonds. The van der Waals surface area contributed by atoms with E-state index in [1.54, 1.807) is 27.7 Å². The Morgan fingerprint density at radius 3 is 1.78 bits per heavy atom. The molecule has 0 spiro atoms. The van der Waals surface area contributed by atoms with E-state index in [2.05, 4.69) is 0 Å². The Balaban J connectivity index is 2.35. The van der Waals surface area contributed by atoms with E-state index in [-0.39, 0.29) is 5.46 Å². The van der Waals surface area contributed by atoms with Crippen molar-refractivity contribution in [2.45, 2.75) is 51.0 Å². The highest BCUT2D eigenvalue weighted by molar-refractivity contribution is 6.62. The molecule has 0 aliphatic carbocycles. The van der Waals surface area contributed by atoms with Crippen molar-refractivity contribution in [1.82, 2.24) is 0 Å². The third-order valence-electron chi connectivity index (χ3n) is 4.21. The van der Waals surface area contributed by atoms with Gasteiger partial charge in [0.25, 0.3) is 0 Å². The summed E-state index contributed by atoms with van der Waals surface area (Å²) in [5.74, 6) is -6.94. The van der Waals surface area contributed by atoms with Crippen LogP contribution < -0.4 is 5.46 Å². The molecule has 0 bridgehead atoms. The van der Waals surface area contributed by atoms with Gasteiger partial charge in [-0.05, 0) is 39.2 Å². The maximum atomic E-state index is 13.8. The molecule has 128 valence electrons. The number of hydrogen-bond donors (Lipinski definition) is 0. The van der Waals surface area contributed by atoms with E-state index in [9.17, 15) is 26.3 Å². The molecule has 0 radical (unpaired) electrons. The lowest BCUT2D eigenvalue weighted by Crippen LogP contribution is -2.41. The summed E-state index contributed by atoms with van der Waals surface area (Å²) >= 11 is 0. The molecule has 1 aromatic rings. The maximum Gasteiger partial charge on any atom is 0.494 e. The van der Waals surface area contributed by atoms with Crippen molar-refractivity contribution >= 4 is 12.6 Å². The topological polar surface area (TPSA) is 18.5 Å². The summed E-state index contributed by atoms with van der Waals surface area (Å²) < 4.78 is 88.5. The zero-order chi connectivity index (χ0) is 17.8. The summed E-state index contributed by atoms with van der Waals surface area (Å²) in [6, 6.07) is 1.93. The average molecular weight is 340 g/mol. The van der Waals surface area contributed by atoms with Crippen LogP contribution >= 0.6 is 0 Å². The van der Waals surface area contributed by atoms with Gasteiger partial charge in [0.2, 0.25) is 0 Å². The fourth-order valence-electron chi connectivity index (χ4n) is 2.06. The molecule has 0 atom stereocenters. The van der Waals surface area contributed by atoms with Gasteiger partial charge < -0.3 is 9.31 Å². The molecule has 1 saturated heterocycles. The second-order valence-corrected chi connectivity index (χ2v) is 6.40. The predicted molar refractivity (Wildman–Crippen MR) is 72.1 cm³/mol. The molecule has 1 aliphatic heterocycles. The fourth-order valence-corrected chi connectivity index (χ4v) is 2.06. The molecule has 1 heterocycles. The number of rotatable bonds is 2. The Morgan fingerprint density at radius 2 is 1.39 bits per heavy atom. The van der Waals surface area contributed by atoms with Gasteiger partial charge >= 0.3 is 19.2 Å². The predicted octanol–water partition coefficient (Wildman–Crippen LogP) is 3.78. The number of halogens is 6. The third-order valence-corrected chi connectivity index (χ3v) is 4.21. The third kappa shape index (κ3) is 2.96. The molecule has 23 heavy (non-hydrogen) atoms. The first-order valence-electron chi connectivity index (χ1n) is 6.79. The zero-order valence-electron chi connectivity index (χ0n) is 12.9. The van der Waals surface area contributed by atoms with Crippen LogP contribution in [0.25, 0.3) is 0 Å². The van der Waals surface area contributed by atoms with Crippen molar-refractivity contribution in [2.75, 3.05) is 0 Å². The van der Waals surface area contributed by atoms with Crippen molar-refractivity contribution < 1.29 is 35.7 Å². The van der Waals surface area contributed by atoms with Gasteiger partial charge in [0.15, 0.2) is 0 Å². The molecule has 9 heteroatoms. The first kappa shape index (κ1) is 18.1. The van der Waals surface area contributed by atoms with Gasteiger partial charge in [0.1, 0.15) is 5.82 Å². The normalized spacial score (nSPS) is 20.9. The molecule has 0 unspecified atom stereocenters. The molecule has 2 rings (SSSR count). The van der Waals surface area contributed by atoms with Gasteiger partial charge in [-0.3, -0.25) is 0 Å². The highest BCUT2D eigenvalue weighted by Crippen LogP contribution is 2.44. The second kappa shape index (κ2) is 5.14. The van der Waals surface area contributed by atoms with Gasteiger partial charge in [-0.15, -0.1) is 0 Å². The van der Waals surface area contributed by atoms with Gasteiger partial charge in [-0.2, -0.15) is 22.0 Å². The Hall–Kier alpha value is -1.22. The molecule has 0 saturated carbocycles. The van der Waals surface area contributed by atoms with Gasteiger partial charge in [-0.1, -0.05) is 12.1 Å². The van der Waals surface area contributed by atoms with E-state index in [0.717, 1.165) is 6.07 Å². The highest BCUT2D eigenvalue weighted by Gasteiger charge is 2.60. The quantitative estimate of drug-likeness (QED) is 0.603. The van der Waals surface area contributed by atoms with E-state index < -0.39 is 41.8 Å². The minimum Gasteiger partial charge on any atom is -0.399 e. The van der Waals surface area contributed by atoms with Gasteiger partial charge in [0.05, 0.1) is 16.8 Å². The summed E-state index contributed by atoms with van der Waals surface area (Å²) in [5, 5.41) is 0. The lowest BCUT2D eigenvalue weighted by atomic mass is 9.78. The Kier molecular flexibility index (Phi) is 4.05. The standard InChI is InChI=1S/C14H15BF6O2/c1-11(2)12(3,4)23-15(22-11)8-5-6-9(10(16)7-8)13(17,18)14(19,20)21/h5-7H,1-4H3. The largest absolute Gasteiger partial charge is 0.494 e. The number of benzene rings is 1. The van der Waals surface area contributed by atoms with Crippen molar-refractivity contribution in [3.63, 3.8) is 0 Å². The fraction of sp³-hybridized carbons (Fsp3) is 0.571. The SMILES string of the molecule is CC1(C)OB(c2ccc(C(F)(F)C(F)(F)F)c(F)c2)OC1(C)C. The molecule has 1 aliphatic rings. The Morgan fingerprint density at radius 1 is 0.913 bits per heavy atom. The van der Waals surface area contributed by atoms with Crippen LogP contribution in [0.1, 0.15) is 33.3 Å². The highest BCUT2D eigenvalue weighted by atomic mass is 19.4. The van der Waals surface area contributed by atoms with Crippen LogP contribution in [0, 0.1) is 5.82 Å². The van der Waals surface area contributed by atoms with Crippen molar-refractivity contribution in [1.29, 1.82) is 0 Å². The lowest BCUT2D eigenvalue weighted by molar-refractivity contribution is -0.290. The molecule has 1 fully saturated rings. The second-order valence-electron chi connectivity index (χ2n) is 6.40. The van der Waals surface area contributed by atoms with Gasteiger partial charge in [-0.25, -0.2) is 4.39 Å². The molecular formula is C14H15BF6O2. The monoisotopic (exact) mass is 340 g/mol. The maximum absolute atomic E-state index is 13.8. The van der Waals surface area contributed by atoms with Crippen LogP contribution in [0.4, 0.5) is 26.3 Å². The summed E-state index contributed by atoms with van der Waals surface area (Å²) in [7, 11) is -1.05. The molecule has 0 N–H and O–H groups in total. The summed E-state index contributed by atoms with van der Waals surface area (Å²) in [5.41, 5.74) is -3.20. The number of hydrogen-bond acceptors (Lipinski definition) is 2. The Bertz CT molecular complexity index is 596. The first-order chi connectivity index (χ1) is 10.2. The zero-order valence-corrected chi connectivity index (χ0v) is 12.9. The molecule has 2 nitrogen and oxygen atoms in total. The van der Waals surface area contributed by atoms with Crippen molar-refractivity contribution in [3.05, 3.63) is 29.6 Å². The van der Waals surface area contributed by atoms with Crippen molar-refractivity contribution in [3.8, 4) is 0 Å². The van der Waals surface area contributed by atoms with Crippen LogP contribution in [0.15, 0.2) is 18.2 Å². The Labute approximate surface area is 129 Å². The molecule has 1 aromatic carbocycles. The molecule has 0 aromatic heterocycles. The van der Waals surface area contributed by atoms with E-state index in [1.807, 2.05) is 0 Å². The van der Waals surface area contributed by atoms with Crippen LogP contribution in [-0.4, -0.2) is 24.5 Å². The molecular weight excluding hydrogens is 325 g/mol. The van der Waals surface area contributed by atoms with E-state index in [1.165, 1.54) is 0 Å².